The summed E-state index contributed by atoms with van der Waals surface area (Å²) in [6, 6.07) is 6.52. The van der Waals surface area contributed by atoms with E-state index in [-0.39, 0.29) is 0 Å². The van der Waals surface area contributed by atoms with Crippen LogP contribution >= 0.6 is 11.8 Å². The normalized spacial score (nSPS) is 24.1. The number of hydrogen-bond donors (Lipinski definition) is 0. The Morgan fingerprint density at radius 3 is 3.12 bits per heavy atom. The lowest BCUT2D eigenvalue weighted by Gasteiger charge is -2.43. The molecule has 1 spiro atoms. The van der Waals surface area contributed by atoms with Crippen molar-refractivity contribution in [2.24, 2.45) is 10.4 Å². The number of ether oxygens (including phenoxy) is 1. The van der Waals surface area contributed by atoms with Gasteiger partial charge in [-0.25, -0.2) is 0 Å². The van der Waals surface area contributed by atoms with Crippen LogP contribution in [0.15, 0.2) is 28.1 Å². The number of nitrogens with zero attached hydrogens (tertiary/aromatic N) is 2. The largest absolute Gasteiger partial charge is 0.380 e. The summed E-state index contributed by atoms with van der Waals surface area (Å²) in [6.45, 7) is 3.70. The van der Waals surface area contributed by atoms with E-state index in [1.54, 1.807) is 0 Å². The van der Waals surface area contributed by atoms with Crippen molar-refractivity contribution in [1.82, 2.24) is 0 Å². The fourth-order valence-electron chi connectivity index (χ4n) is 2.78. The summed E-state index contributed by atoms with van der Waals surface area (Å²) in [5.41, 5.74) is 3.00. The summed E-state index contributed by atoms with van der Waals surface area (Å²) in [4.78, 5) is 8.29. The SMILES string of the molecule is C1=NCN2CC3(COC3)CSc3cccc1c32. The van der Waals surface area contributed by atoms with E-state index in [1.165, 1.54) is 21.9 Å². The third-order valence-corrected chi connectivity index (χ3v) is 5.10. The topological polar surface area (TPSA) is 24.8 Å². The van der Waals surface area contributed by atoms with Crippen molar-refractivity contribution >= 4 is 23.7 Å². The van der Waals surface area contributed by atoms with E-state index in [0.717, 1.165) is 26.4 Å². The number of anilines is 1. The highest BCUT2D eigenvalue weighted by molar-refractivity contribution is 7.99. The summed E-state index contributed by atoms with van der Waals surface area (Å²) in [5.74, 6) is 1.17. The number of benzene rings is 1. The fourth-order valence-corrected chi connectivity index (χ4v) is 4.06. The first kappa shape index (κ1) is 9.97. The molecular formula is C13H14N2OS. The average Bonchev–Trinajstić information content (AvgIpc) is 2.49. The van der Waals surface area contributed by atoms with Crippen LogP contribution in [-0.4, -0.2) is 38.4 Å². The summed E-state index contributed by atoms with van der Waals surface area (Å²) in [7, 11) is 0. The van der Waals surface area contributed by atoms with E-state index < -0.39 is 0 Å². The molecule has 1 saturated heterocycles. The summed E-state index contributed by atoms with van der Waals surface area (Å²) in [6.07, 6.45) is 2.01. The first-order valence-corrected chi connectivity index (χ1v) is 6.93. The number of rotatable bonds is 0. The molecular weight excluding hydrogens is 232 g/mol. The highest BCUT2D eigenvalue weighted by atomic mass is 32.2. The molecule has 3 aliphatic heterocycles. The van der Waals surface area contributed by atoms with Gasteiger partial charge in [0, 0.05) is 34.4 Å². The minimum absolute atomic E-state index is 0.355. The van der Waals surface area contributed by atoms with Crippen LogP contribution in [0, 0.1) is 5.41 Å². The standard InChI is InChI=1S/C13H14N2OS/c1-2-10-4-14-9-15-5-13(6-16-7-13)8-17-11(3-1)12(10)15/h1-4H,5-9H2. The summed E-state index contributed by atoms with van der Waals surface area (Å²) >= 11 is 1.98. The molecule has 1 aromatic rings. The second-order valence-corrected chi connectivity index (χ2v) is 6.14. The van der Waals surface area contributed by atoms with Gasteiger partial charge in [-0.1, -0.05) is 12.1 Å². The molecule has 3 aliphatic rings. The molecule has 0 amide bonds. The van der Waals surface area contributed by atoms with Crippen LogP contribution in [0.1, 0.15) is 5.56 Å². The molecule has 4 heteroatoms. The third kappa shape index (κ3) is 1.44. The fraction of sp³-hybridized carbons (Fsp3) is 0.462. The predicted molar refractivity (Wildman–Crippen MR) is 70.2 cm³/mol. The quantitative estimate of drug-likeness (QED) is 0.700. The van der Waals surface area contributed by atoms with Crippen molar-refractivity contribution in [2.45, 2.75) is 4.90 Å². The zero-order chi connectivity index (χ0) is 11.3. The number of thioether (sulfide) groups is 1. The van der Waals surface area contributed by atoms with Gasteiger partial charge >= 0.3 is 0 Å². The molecule has 1 fully saturated rings. The van der Waals surface area contributed by atoms with Gasteiger partial charge in [0.25, 0.3) is 0 Å². The molecule has 4 rings (SSSR count). The Bertz CT molecular complexity index is 496. The maximum atomic E-state index is 5.43. The lowest BCUT2D eigenvalue weighted by Crippen LogP contribution is -2.52. The minimum Gasteiger partial charge on any atom is -0.380 e. The maximum absolute atomic E-state index is 5.43. The predicted octanol–water partition coefficient (Wildman–Crippen LogP) is 2.01. The van der Waals surface area contributed by atoms with E-state index in [9.17, 15) is 0 Å². The Morgan fingerprint density at radius 1 is 1.35 bits per heavy atom. The van der Waals surface area contributed by atoms with Crippen LogP contribution in [0.3, 0.4) is 0 Å². The van der Waals surface area contributed by atoms with Gasteiger partial charge in [0.05, 0.1) is 18.9 Å². The van der Waals surface area contributed by atoms with Crippen molar-refractivity contribution < 1.29 is 4.74 Å². The Hall–Kier alpha value is -1.00. The Morgan fingerprint density at radius 2 is 2.29 bits per heavy atom. The molecule has 0 N–H and O–H groups in total. The summed E-state index contributed by atoms with van der Waals surface area (Å²) < 4.78 is 5.43. The van der Waals surface area contributed by atoms with Gasteiger partial charge in [-0.05, 0) is 6.07 Å². The minimum atomic E-state index is 0.355. The van der Waals surface area contributed by atoms with Gasteiger partial charge in [-0.2, -0.15) is 0 Å². The Balaban J connectivity index is 1.81. The zero-order valence-corrected chi connectivity index (χ0v) is 10.4. The van der Waals surface area contributed by atoms with E-state index in [0.29, 0.717) is 5.41 Å². The molecule has 0 saturated carbocycles. The number of hydrogen-bond acceptors (Lipinski definition) is 4. The van der Waals surface area contributed by atoms with Gasteiger partial charge < -0.3 is 9.64 Å². The molecule has 88 valence electrons. The van der Waals surface area contributed by atoms with Crippen molar-refractivity contribution in [3.63, 3.8) is 0 Å². The van der Waals surface area contributed by atoms with Crippen LogP contribution in [0.25, 0.3) is 0 Å². The molecule has 0 atom stereocenters. The number of para-hydroxylation sites is 1. The Labute approximate surface area is 105 Å². The molecule has 0 aliphatic carbocycles. The second kappa shape index (κ2) is 3.50. The average molecular weight is 246 g/mol. The van der Waals surface area contributed by atoms with Crippen LogP contribution in [0.4, 0.5) is 5.69 Å². The lowest BCUT2D eigenvalue weighted by molar-refractivity contribution is -0.0921. The van der Waals surface area contributed by atoms with Crippen molar-refractivity contribution in [2.75, 3.05) is 37.1 Å². The van der Waals surface area contributed by atoms with Crippen LogP contribution in [0.2, 0.25) is 0 Å². The van der Waals surface area contributed by atoms with E-state index in [4.69, 9.17) is 4.74 Å². The molecule has 3 nitrogen and oxygen atoms in total. The first-order chi connectivity index (χ1) is 8.36. The Kier molecular flexibility index (Phi) is 2.05. The summed E-state index contributed by atoms with van der Waals surface area (Å²) in [5, 5.41) is 0. The smallest absolute Gasteiger partial charge is 0.110 e. The monoisotopic (exact) mass is 246 g/mol. The van der Waals surface area contributed by atoms with Crippen molar-refractivity contribution in [1.29, 1.82) is 0 Å². The first-order valence-electron chi connectivity index (χ1n) is 5.95. The molecule has 3 heterocycles. The number of aliphatic imine (C=N–C) groups is 1. The molecule has 0 aromatic heterocycles. The highest BCUT2D eigenvalue weighted by Gasteiger charge is 2.43. The van der Waals surface area contributed by atoms with Crippen molar-refractivity contribution in [3.8, 4) is 0 Å². The van der Waals surface area contributed by atoms with Gasteiger partial charge in [0.1, 0.15) is 6.67 Å². The van der Waals surface area contributed by atoms with Crippen LogP contribution in [0.5, 0.6) is 0 Å². The molecule has 0 unspecified atom stereocenters. The van der Waals surface area contributed by atoms with Crippen molar-refractivity contribution in [3.05, 3.63) is 23.8 Å². The zero-order valence-electron chi connectivity index (χ0n) is 9.56. The van der Waals surface area contributed by atoms with E-state index in [2.05, 4.69) is 28.1 Å². The molecule has 1 aromatic carbocycles. The molecule has 17 heavy (non-hydrogen) atoms. The van der Waals surface area contributed by atoms with Gasteiger partial charge in [0.15, 0.2) is 0 Å². The van der Waals surface area contributed by atoms with Crippen LogP contribution < -0.4 is 4.90 Å². The molecule has 0 bridgehead atoms. The highest BCUT2D eigenvalue weighted by Crippen LogP contribution is 2.44. The van der Waals surface area contributed by atoms with Gasteiger partial charge in [0.2, 0.25) is 0 Å². The maximum Gasteiger partial charge on any atom is 0.110 e. The third-order valence-electron chi connectivity index (χ3n) is 3.71. The molecule has 0 radical (unpaired) electrons. The van der Waals surface area contributed by atoms with E-state index >= 15 is 0 Å². The van der Waals surface area contributed by atoms with E-state index in [1.807, 2.05) is 18.0 Å². The lowest BCUT2D eigenvalue weighted by atomic mass is 9.87. The van der Waals surface area contributed by atoms with Gasteiger partial charge in [-0.15, -0.1) is 11.8 Å². The van der Waals surface area contributed by atoms with Crippen LogP contribution in [-0.2, 0) is 4.74 Å². The van der Waals surface area contributed by atoms with Gasteiger partial charge in [-0.3, -0.25) is 4.99 Å². The second-order valence-electron chi connectivity index (χ2n) is 5.13.